The summed E-state index contributed by atoms with van der Waals surface area (Å²) in [5, 5.41) is 7.54. The molecule has 4 atom stereocenters. The monoisotopic (exact) mass is 747 g/mol. The van der Waals surface area contributed by atoms with E-state index in [1.807, 2.05) is 6.92 Å². The Morgan fingerprint density at radius 3 is 2.38 bits per heavy atom. The molecule has 2 aliphatic heterocycles. The number of rotatable bonds is 16. The highest BCUT2D eigenvalue weighted by Gasteiger charge is 2.45. The number of sulfonamides is 2. The number of methoxy groups -OCH3 is 1. The van der Waals surface area contributed by atoms with Crippen LogP contribution in [-0.4, -0.2) is 111 Å². The van der Waals surface area contributed by atoms with Crippen LogP contribution in [0.1, 0.15) is 34.6 Å². The van der Waals surface area contributed by atoms with Gasteiger partial charge in [0.05, 0.1) is 35.9 Å². The molecule has 0 bridgehead atoms. The zero-order valence-electron chi connectivity index (χ0n) is 27.2. The molecule has 268 valence electrons. The topological polar surface area (TPSA) is 214 Å². The number of aromatic nitrogens is 1. The molecule has 2 fully saturated rings. The molecule has 19 heteroatoms. The van der Waals surface area contributed by atoms with E-state index < -0.39 is 75.0 Å². The standard InChI is InChI=1S/C31H37N7O9S3/c1-21-10-12-23(13-11-21)50(45,46)38-31(35-38)33-14-6-9-24(28(41)29-32-15-18-48-29)34-26(39)20-36-16-17-37(25(30(36)42)19-27(40)47-2)49(43,44)22-7-4-3-5-8-22/h3-5,7-8,10-13,15,18,24-25,31,33,35H,6,9,14,16-17,19-20H2,1-2H3,(H,34,39)/t24-,25-,31?,38?/m0/s1. The number of nitrogens with zero attached hydrogens (tertiary/aromatic N) is 4. The van der Waals surface area contributed by atoms with Crippen LogP contribution in [0.25, 0.3) is 0 Å². The van der Waals surface area contributed by atoms with E-state index in [0.29, 0.717) is 13.0 Å². The van der Waals surface area contributed by atoms with Crippen LogP contribution < -0.4 is 16.1 Å². The first-order valence-corrected chi connectivity index (χ1v) is 19.3. The van der Waals surface area contributed by atoms with Crippen molar-refractivity contribution in [2.75, 3.05) is 33.3 Å². The van der Waals surface area contributed by atoms with Gasteiger partial charge in [0.1, 0.15) is 6.04 Å². The average Bonchev–Trinajstić information content (AvgIpc) is 3.69. The van der Waals surface area contributed by atoms with Gasteiger partial charge in [-0.1, -0.05) is 40.3 Å². The van der Waals surface area contributed by atoms with Crippen LogP contribution in [0, 0.1) is 6.92 Å². The van der Waals surface area contributed by atoms with Gasteiger partial charge in [0.2, 0.25) is 27.6 Å². The normalized spacial score (nSPS) is 20.2. The van der Waals surface area contributed by atoms with Crippen LogP contribution in [0.3, 0.4) is 0 Å². The minimum absolute atomic E-state index is 0.0510. The summed E-state index contributed by atoms with van der Waals surface area (Å²) < 4.78 is 59.3. The Morgan fingerprint density at radius 1 is 1.02 bits per heavy atom. The quantitative estimate of drug-likeness (QED) is 0.0789. The summed E-state index contributed by atoms with van der Waals surface area (Å²) in [6, 6.07) is 11.5. The van der Waals surface area contributed by atoms with Crippen LogP contribution in [0.4, 0.5) is 0 Å². The smallest absolute Gasteiger partial charge is 0.307 e. The Labute approximate surface area is 293 Å². The minimum Gasteiger partial charge on any atom is -0.469 e. The molecule has 0 aliphatic carbocycles. The molecule has 5 rings (SSSR count). The third-order valence-electron chi connectivity index (χ3n) is 8.10. The van der Waals surface area contributed by atoms with E-state index in [4.69, 9.17) is 4.74 Å². The van der Waals surface area contributed by atoms with Gasteiger partial charge in [0, 0.05) is 24.7 Å². The number of Topliss-reactive ketones (excluding diaryl/α,β-unsaturated/α-hetero) is 1. The number of piperazine rings is 1. The molecule has 3 heterocycles. The summed E-state index contributed by atoms with van der Waals surface area (Å²) in [4.78, 5) is 57.7. The Bertz CT molecular complexity index is 1910. The number of carbonyl (C=O) groups excluding carboxylic acids is 4. The minimum atomic E-state index is -4.17. The van der Waals surface area contributed by atoms with Crippen molar-refractivity contribution in [2.24, 2.45) is 0 Å². The van der Waals surface area contributed by atoms with E-state index in [2.05, 4.69) is 21.0 Å². The molecule has 2 amide bonds. The molecule has 3 N–H and O–H groups in total. The van der Waals surface area contributed by atoms with Gasteiger partial charge in [-0.05, 0) is 50.6 Å². The van der Waals surface area contributed by atoms with E-state index in [-0.39, 0.29) is 34.3 Å². The molecule has 16 nitrogen and oxygen atoms in total. The third kappa shape index (κ3) is 8.60. The Kier molecular flexibility index (Phi) is 11.8. The van der Waals surface area contributed by atoms with Crippen molar-refractivity contribution in [1.82, 2.24) is 34.7 Å². The van der Waals surface area contributed by atoms with Crippen molar-refractivity contribution < 1.29 is 40.8 Å². The molecule has 50 heavy (non-hydrogen) atoms. The van der Waals surface area contributed by atoms with Gasteiger partial charge in [-0.25, -0.2) is 27.2 Å². The van der Waals surface area contributed by atoms with Gasteiger partial charge >= 0.3 is 5.97 Å². The first-order chi connectivity index (χ1) is 23.8. The maximum Gasteiger partial charge on any atom is 0.307 e. The van der Waals surface area contributed by atoms with Crippen LogP contribution in [-0.2, 0) is 39.2 Å². The lowest BCUT2D eigenvalue weighted by Crippen LogP contribution is -2.60. The summed E-state index contributed by atoms with van der Waals surface area (Å²) >= 11 is 1.11. The summed E-state index contributed by atoms with van der Waals surface area (Å²) in [5.74, 6) is -2.67. The van der Waals surface area contributed by atoms with Crippen LogP contribution in [0.5, 0.6) is 0 Å². The second kappa shape index (κ2) is 15.8. The summed E-state index contributed by atoms with van der Waals surface area (Å²) in [6.45, 7) is 1.34. The molecule has 2 saturated heterocycles. The van der Waals surface area contributed by atoms with Crippen molar-refractivity contribution in [3.8, 4) is 0 Å². The van der Waals surface area contributed by atoms with Crippen LogP contribution in [0.15, 0.2) is 76.0 Å². The Balaban J connectivity index is 1.20. The first kappa shape index (κ1) is 37.2. The molecule has 2 unspecified atom stereocenters. The van der Waals surface area contributed by atoms with Gasteiger partial charge in [-0.15, -0.1) is 11.3 Å². The number of hydrogen-bond acceptors (Lipinski definition) is 13. The fourth-order valence-electron chi connectivity index (χ4n) is 5.39. The van der Waals surface area contributed by atoms with Crippen molar-refractivity contribution >= 4 is 55.0 Å². The number of esters is 1. The average molecular weight is 748 g/mol. The van der Waals surface area contributed by atoms with E-state index in [1.54, 1.807) is 35.7 Å². The van der Waals surface area contributed by atoms with E-state index in [1.165, 1.54) is 30.5 Å². The van der Waals surface area contributed by atoms with Gasteiger partial charge in [0.25, 0.3) is 10.0 Å². The fraction of sp³-hybridized carbons (Fsp3) is 0.387. The number of carbonyl (C=O) groups is 4. The van der Waals surface area contributed by atoms with Crippen LogP contribution in [0.2, 0.25) is 0 Å². The zero-order valence-corrected chi connectivity index (χ0v) is 29.7. The fourth-order valence-corrected chi connectivity index (χ4v) is 8.91. The lowest BCUT2D eigenvalue weighted by atomic mass is 10.1. The number of hydrogen-bond donors (Lipinski definition) is 3. The maximum absolute atomic E-state index is 13.6. The predicted octanol–water partition coefficient (Wildman–Crippen LogP) is 0.446. The number of ether oxygens (including phenoxy) is 1. The lowest BCUT2D eigenvalue weighted by molar-refractivity contribution is -0.149. The van der Waals surface area contributed by atoms with E-state index in [0.717, 1.165) is 37.6 Å². The summed E-state index contributed by atoms with van der Waals surface area (Å²) in [6.07, 6.45) is 0.781. The molecule has 2 aromatic carbocycles. The number of benzene rings is 2. The molecule has 3 aromatic rings. The van der Waals surface area contributed by atoms with Crippen molar-refractivity contribution in [1.29, 1.82) is 0 Å². The predicted molar refractivity (Wildman–Crippen MR) is 180 cm³/mol. The highest BCUT2D eigenvalue weighted by molar-refractivity contribution is 7.89. The third-order valence-corrected chi connectivity index (χ3v) is 12.5. The Morgan fingerprint density at radius 2 is 1.72 bits per heavy atom. The van der Waals surface area contributed by atoms with Gasteiger partial charge < -0.3 is 15.0 Å². The first-order valence-electron chi connectivity index (χ1n) is 15.6. The second-order valence-electron chi connectivity index (χ2n) is 11.5. The zero-order chi connectivity index (χ0) is 36.1. The van der Waals surface area contributed by atoms with E-state index in [9.17, 15) is 36.0 Å². The largest absolute Gasteiger partial charge is 0.469 e. The van der Waals surface area contributed by atoms with Gasteiger partial charge in [-0.3, -0.25) is 24.5 Å². The second-order valence-corrected chi connectivity index (χ2v) is 16.1. The van der Waals surface area contributed by atoms with Gasteiger partial charge in [-0.2, -0.15) is 4.31 Å². The molecular weight excluding hydrogens is 711 g/mol. The number of thiazole rings is 1. The number of amides is 2. The number of hydrazine groups is 1. The highest BCUT2D eigenvalue weighted by atomic mass is 32.2. The Hall–Kier alpha value is -4.11. The molecule has 1 aromatic heterocycles. The van der Waals surface area contributed by atoms with Crippen LogP contribution >= 0.6 is 11.3 Å². The number of ketones is 1. The number of aryl methyl sites for hydroxylation is 1. The maximum atomic E-state index is 13.6. The summed E-state index contributed by atoms with van der Waals surface area (Å²) in [5.41, 5.74) is 3.69. The van der Waals surface area contributed by atoms with Crippen molar-refractivity contribution in [3.63, 3.8) is 0 Å². The summed E-state index contributed by atoms with van der Waals surface area (Å²) in [7, 11) is -6.80. The molecule has 0 radical (unpaired) electrons. The molecule has 2 aliphatic rings. The lowest BCUT2D eigenvalue weighted by Gasteiger charge is -2.39. The molecule has 0 saturated carbocycles. The number of nitrogens with one attached hydrogen (secondary N) is 3. The van der Waals surface area contributed by atoms with Crippen molar-refractivity contribution in [3.05, 3.63) is 76.7 Å². The van der Waals surface area contributed by atoms with Crippen molar-refractivity contribution in [2.45, 2.75) is 54.4 Å². The molecular formula is C31H37N7O9S3. The van der Waals surface area contributed by atoms with Gasteiger partial charge in [0.15, 0.2) is 11.3 Å². The molecule has 0 spiro atoms. The SMILES string of the molecule is COC(=O)C[C@H]1C(=O)N(CC(=O)N[C@@H](CCCNC2NN2S(=O)(=O)c2ccc(C)cc2)C(=O)c2nccs2)CCN1S(=O)(=O)c1ccccc1. The highest BCUT2D eigenvalue weighted by Crippen LogP contribution is 2.25. The van der Waals surface area contributed by atoms with E-state index >= 15 is 0 Å².